The Hall–Kier alpha value is -0.830. The fraction of sp³-hybridized carbons (Fsp3) is 0.700. The molecule has 0 atom stereocenters. The molecule has 74 valence electrons. The van der Waals surface area contributed by atoms with Gasteiger partial charge in [0.1, 0.15) is 5.82 Å². The molecule has 13 heavy (non-hydrogen) atoms. The quantitative estimate of drug-likeness (QED) is 0.745. The maximum absolute atomic E-state index is 4.31. The molecule has 1 aromatic rings. The molecule has 0 radical (unpaired) electrons. The summed E-state index contributed by atoms with van der Waals surface area (Å²) in [6, 6.07) is 0.560. The minimum absolute atomic E-state index is 0.560. The number of rotatable bonds is 5. The van der Waals surface area contributed by atoms with Crippen LogP contribution in [0, 0.1) is 0 Å². The van der Waals surface area contributed by atoms with Crippen molar-refractivity contribution in [2.75, 3.05) is 6.54 Å². The summed E-state index contributed by atoms with van der Waals surface area (Å²) in [4.78, 5) is 4.31. The molecule has 1 N–H and O–H groups in total. The third-order valence-electron chi connectivity index (χ3n) is 2.04. The zero-order valence-corrected chi connectivity index (χ0v) is 8.75. The Balaban J connectivity index is 2.36. The van der Waals surface area contributed by atoms with Gasteiger partial charge in [-0.15, -0.1) is 0 Å². The van der Waals surface area contributed by atoms with Crippen LogP contribution in [-0.2, 0) is 13.0 Å². The van der Waals surface area contributed by atoms with E-state index in [9.17, 15) is 0 Å². The molecule has 1 aromatic heterocycles. The van der Waals surface area contributed by atoms with Crippen LogP contribution in [-0.4, -0.2) is 22.1 Å². The van der Waals surface area contributed by atoms with Gasteiger partial charge in [0.15, 0.2) is 0 Å². The van der Waals surface area contributed by atoms with Crippen molar-refractivity contribution >= 4 is 0 Å². The van der Waals surface area contributed by atoms with Gasteiger partial charge < -0.3 is 9.88 Å². The standard InChI is InChI=1S/C10H19N3/c1-4-13-8-7-12-10(13)5-6-11-9(2)3/h7-9,11H,4-6H2,1-3H3. The lowest BCUT2D eigenvalue weighted by Gasteiger charge is -2.08. The van der Waals surface area contributed by atoms with Crippen molar-refractivity contribution < 1.29 is 0 Å². The lowest BCUT2D eigenvalue weighted by Crippen LogP contribution is -2.25. The van der Waals surface area contributed by atoms with Crippen molar-refractivity contribution in [2.24, 2.45) is 0 Å². The van der Waals surface area contributed by atoms with E-state index >= 15 is 0 Å². The summed E-state index contributed by atoms with van der Waals surface area (Å²) in [5.74, 6) is 1.18. The van der Waals surface area contributed by atoms with Gasteiger partial charge in [0.2, 0.25) is 0 Å². The molecule has 0 aromatic carbocycles. The first kappa shape index (κ1) is 10.3. The second kappa shape index (κ2) is 5.02. The highest BCUT2D eigenvalue weighted by molar-refractivity contribution is 4.92. The summed E-state index contributed by atoms with van der Waals surface area (Å²) in [5.41, 5.74) is 0. The average Bonchev–Trinajstić information content (AvgIpc) is 2.51. The number of aryl methyl sites for hydroxylation is 1. The maximum Gasteiger partial charge on any atom is 0.109 e. The molecule has 0 fully saturated rings. The monoisotopic (exact) mass is 181 g/mol. The second-order valence-electron chi connectivity index (χ2n) is 3.49. The molecule has 0 aliphatic carbocycles. The van der Waals surface area contributed by atoms with E-state index in [1.807, 2.05) is 12.4 Å². The number of aromatic nitrogens is 2. The Labute approximate surface area is 80.2 Å². The topological polar surface area (TPSA) is 29.9 Å². The molecule has 3 nitrogen and oxygen atoms in total. The molecule has 3 heteroatoms. The molecule has 0 unspecified atom stereocenters. The molecule has 0 bridgehead atoms. The van der Waals surface area contributed by atoms with Crippen molar-refractivity contribution in [2.45, 2.75) is 39.8 Å². The zero-order chi connectivity index (χ0) is 9.68. The van der Waals surface area contributed by atoms with Crippen LogP contribution in [0.5, 0.6) is 0 Å². The highest BCUT2D eigenvalue weighted by Crippen LogP contribution is 1.97. The Morgan fingerprint density at radius 1 is 1.54 bits per heavy atom. The molecule has 0 amide bonds. The van der Waals surface area contributed by atoms with Gasteiger partial charge >= 0.3 is 0 Å². The SMILES string of the molecule is CCn1ccnc1CCNC(C)C. The van der Waals surface area contributed by atoms with E-state index in [0.717, 1.165) is 19.5 Å². The van der Waals surface area contributed by atoms with E-state index in [4.69, 9.17) is 0 Å². The van der Waals surface area contributed by atoms with Gasteiger partial charge in [-0.25, -0.2) is 4.98 Å². The van der Waals surface area contributed by atoms with Gasteiger partial charge in [-0.2, -0.15) is 0 Å². The average molecular weight is 181 g/mol. The molecule has 0 aliphatic heterocycles. The van der Waals surface area contributed by atoms with E-state index < -0.39 is 0 Å². The first-order valence-corrected chi connectivity index (χ1v) is 4.97. The van der Waals surface area contributed by atoms with Crippen LogP contribution in [0.25, 0.3) is 0 Å². The van der Waals surface area contributed by atoms with E-state index in [2.05, 4.69) is 35.6 Å². The van der Waals surface area contributed by atoms with Crippen LogP contribution in [0.2, 0.25) is 0 Å². The van der Waals surface area contributed by atoms with Crippen molar-refractivity contribution in [3.05, 3.63) is 18.2 Å². The van der Waals surface area contributed by atoms with Crippen LogP contribution >= 0.6 is 0 Å². The Bertz CT molecular complexity index is 240. The van der Waals surface area contributed by atoms with Gasteiger partial charge in [0.25, 0.3) is 0 Å². The van der Waals surface area contributed by atoms with Crippen LogP contribution in [0.4, 0.5) is 0 Å². The first-order valence-electron chi connectivity index (χ1n) is 4.97. The first-order chi connectivity index (χ1) is 6.24. The van der Waals surface area contributed by atoms with Gasteiger partial charge in [-0.3, -0.25) is 0 Å². The zero-order valence-electron chi connectivity index (χ0n) is 8.75. The fourth-order valence-corrected chi connectivity index (χ4v) is 1.33. The van der Waals surface area contributed by atoms with Crippen molar-refractivity contribution in [1.82, 2.24) is 14.9 Å². The summed E-state index contributed by atoms with van der Waals surface area (Å²) >= 11 is 0. The third-order valence-corrected chi connectivity index (χ3v) is 2.04. The van der Waals surface area contributed by atoms with E-state index in [0.29, 0.717) is 6.04 Å². The molecule has 0 aliphatic rings. The normalized spacial score (nSPS) is 11.1. The summed E-state index contributed by atoms with van der Waals surface area (Å²) in [5, 5.41) is 3.38. The third kappa shape index (κ3) is 3.19. The number of hydrogen-bond acceptors (Lipinski definition) is 2. The van der Waals surface area contributed by atoms with Gasteiger partial charge in [0, 0.05) is 37.9 Å². The maximum atomic E-state index is 4.31. The largest absolute Gasteiger partial charge is 0.335 e. The number of nitrogens with one attached hydrogen (secondary N) is 1. The molecule has 0 saturated heterocycles. The summed E-state index contributed by atoms with van der Waals surface area (Å²) in [7, 11) is 0. The number of hydrogen-bond donors (Lipinski definition) is 1. The van der Waals surface area contributed by atoms with Gasteiger partial charge in [-0.05, 0) is 6.92 Å². The minimum Gasteiger partial charge on any atom is -0.335 e. The molecule has 1 rings (SSSR count). The molecule has 0 spiro atoms. The van der Waals surface area contributed by atoms with Crippen LogP contribution in [0.1, 0.15) is 26.6 Å². The van der Waals surface area contributed by atoms with Crippen LogP contribution in [0.3, 0.4) is 0 Å². The van der Waals surface area contributed by atoms with Gasteiger partial charge in [-0.1, -0.05) is 13.8 Å². The Kier molecular flexibility index (Phi) is 3.96. The minimum atomic E-state index is 0.560. The number of imidazole rings is 1. The smallest absolute Gasteiger partial charge is 0.109 e. The van der Waals surface area contributed by atoms with Crippen molar-refractivity contribution in [3.8, 4) is 0 Å². The predicted molar refractivity (Wildman–Crippen MR) is 54.7 cm³/mol. The van der Waals surface area contributed by atoms with E-state index in [1.54, 1.807) is 0 Å². The molecular formula is C10H19N3. The highest BCUT2D eigenvalue weighted by atomic mass is 15.1. The fourth-order valence-electron chi connectivity index (χ4n) is 1.33. The predicted octanol–water partition coefficient (Wildman–Crippen LogP) is 1.44. The lowest BCUT2D eigenvalue weighted by molar-refractivity contribution is 0.571. The van der Waals surface area contributed by atoms with Crippen LogP contribution < -0.4 is 5.32 Å². The lowest BCUT2D eigenvalue weighted by atomic mass is 10.3. The second-order valence-corrected chi connectivity index (χ2v) is 3.49. The summed E-state index contributed by atoms with van der Waals surface area (Å²) in [6.07, 6.45) is 4.91. The van der Waals surface area contributed by atoms with Crippen molar-refractivity contribution in [1.29, 1.82) is 0 Å². The molecule has 0 saturated carbocycles. The Morgan fingerprint density at radius 3 is 2.92 bits per heavy atom. The Morgan fingerprint density at radius 2 is 2.31 bits per heavy atom. The van der Waals surface area contributed by atoms with E-state index in [1.165, 1.54) is 5.82 Å². The van der Waals surface area contributed by atoms with E-state index in [-0.39, 0.29) is 0 Å². The van der Waals surface area contributed by atoms with Gasteiger partial charge in [0.05, 0.1) is 0 Å². The summed E-state index contributed by atoms with van der Waals surface area (Å²) in [6.45, 7) is 8.48. The molecule has 1 heterocycles. The van der Waals surface area contributed by atoms with Crippen LogP contribution in [0.15, 0.2) is 12.4 Å². The molecular weight excluding hydrogens is 162 g/mol. The number of nitrogens with zero attached hydrogens (tertiary/aromatic N) is 2. The highest BCUT2D eigenvalue weighted by Gasteiger charge is 2.00. The summed E-state index contributed by atoms with van der Waals surface area (Å²) < 4.78 is 2.18. The van der Waals surface area contributed by atoms with Crippen molar-refractivity contribution in [3.63, 3.8) is 0 Å².